The lowest BCUT2D eigenvalue weighted by atomic mass is 9.68. The molecule has 8 heteroatoms. The highest BCUT2D eigenvalue weighted by Gasteiger charge is 2.97. The molecule has 8 saturated carbocycles. The van der Waals surface area contributed by atoms with Gasteiger partial charge in [-0.05, 0) is 71.9 Å². The Kier molecular flexibility index (Phi) is 4.31. The number of ether oxygens (including phenoxy) is 2. The van der Waals surface area contributed by atoms with Crippen molar-refractivity contribution in [3.8, 4) is 12.1 Å². The van der Waals surface area contributed by atoms with Gasteiger partial charge < -0.3 is 18.3 Å². The number of carbonyl (C=O) groups excluding carboxylic acids is 2. The molecule has 8 nitrogen and oxygen atoms in total. The first-order valence-corrected chi connectivity index (χ1v) is 16.4. The summed E-state index contributed by atoms with van der Waals surface area (Å²) in [4.78, 5) is 25.7. The van der Waals surface area contributed by atoms with E-state index in [0.29, 0.717) is 37.9 Å². The topological polar surface area (TPSA) is 126 Å². The predicted octanol–water partition coefficient (Wildman–Crippen LogP) is 6.19. The van der Waals surface area contributed by atoms with Gasteiger partial charge in [0.05, 0.1) is 50.4 Å². The molecule has 10 atom stereocenters. The Labute approximate surface area is 265 Å². The third kappa shape index (κ3) is 2.23. The third-order valence-corrected chi connectivity index (χ3v) is 14.3. The maximum absolute atomic E-state index is 12.8. The van der Waals surface area contributed by atoms with Gasteiger partial charge in [-0.2, -0.15) is 10.5 Å². The van der Waals surface area contributed by atoms with E-state index in [1.165, 1.54) is 22.3 Å². The number of nitrogens with zero attached hydrogens (tertiary/aromatic N) is 2. The molecule has 8 bridgehead atoms. The van der Waals surface area contributed by atoms with E-state index in [4.69, 9.17) is 18.3 Å². The van der Waals surface area contributed by atoms with Gasteiger partial charge in [0.1, 0.15) is 23.0 Å². The normalized spacial score (nSPS) is 48.2. The van der Waals surface area contributed by atoms with Crippen molar-refractivity contribution in [3.63, 3.8) is 0 Å². The number of fused-ring (bicyclic) bond motifs is 2. The molecule has 228 valence electrons. The van der Waals surface area contributed by atoms with Crippen molar-refractivity contribution in [1.29, 1.82) is 10.5 Å². The first-order valence-electron chi connectivity index (χ1n) is 16.4. The molecule has 0 radical (unpaired) electrons. The summed E-state index contributed by atoms with van der Waals surface area (Å²) in [6.45, 7) is 1.11. The fraction of sp³-hybridized carbons (Fsp3) is 0.474. The largest absolute Gasteiger partial charge is 0.472 e. The van der Waals surface area contributed by atoms with Crippen molar-refractivity contribution in [1.82, 2.24) is 0 Å². The molecular weight excluding hydrogens is 580 g/mol. The Morgan fingerprint density at radius 3 is 1.52 bits per heavy atom. The fourth-order valence-electron chi connectivity index (χ4n) is 13.2. The maximum atomic E-state index is 12.8. The van der Waals surface area contributed by atoms with Crippen LogP contribution in [0.3, 0.4) is 0 Å². The summed E-state index contributed by atoms with van der Waals surface area (Å²) in [5.41, 5.74) is 3.81. The molecule has 14 rings (SSSR count). The van der Waals surface area contributed by atoms with Crippen LogP contribution in [0.5, 0.6) is 0 Å². The van der Waals surface area contributed by atoms with Gasteiger partial charge in [0.25, 0.3) is 0 Å². The van der Waals surface area contributed by atoms with Gasteiger partial charge in [-0.3, -0.25) is 9.59 Å². The van der Waals surface area contributed by atoms with Crippen molar-refractivity contribution in [2.45, 2.75) is 50.7 Å². The number of hydrogen-bond donors (Lipinski definition) is 0. The third-order valence-electron chi connectivity index (χ3n) is 14.3. The van der Waals surface area contributed by atoms with E-state index in [1.54, 1.807) is 25.1 Å². The second-order valence-corrected chi connectivity index (χ2v) is 15.3. The maximum Gasteiger partial charge on any atom is 0.155 e. The van der Waals surface area contributed by atoms with Crippen LogP contribution < -0.4 is 0 Å². The Hall–Kier alpha value is -4.24. The molecule has 0 N–H and O–H groups in total. The lowest BCUT2D eigenvalue weighted by Crippen LogP contribution is -2.36. The number of Topliss-reactive ketones (excluding diaryl/α,β-unsaturated/α-hetero) is 2. The highest BCUT2D eigenvalue weighted by Crippen LogP contribution is 2.95. The molecular formula is C38H30N2O6. The molecule has 8 fully saturated rings. The minimum atomic E-state index is -0.849. The van der Waals surface area contributed by atoms with Crippen molar-refractivity contribution >= 4 is 11.6 Å². The summed E-state index contributed by atoms with van der Waals surface area (Å²) >= 11 is 0. The van der Waals surface area contributed by atoms with Gasteiger partial charge >= 0.3 is 0 Å². The highest BCUT2D eigenvalue weighted by atomic mass is 16.5. The van der Waals surface area contributed by atoms with Gasteiger partial charge in [-0.1, -0.05) is 24.3 Å². The number of furan rings is 2. The highest BCUT2D eigenvalue weighted by molar-refractivity contribution is 6.00. The molecule has 2 aliphatic heterocycles. The molecule has 0 aromatic carbocycles. The van der Waals surface area contributed by atoms with E-state index in [2.05, 4.69) is 36.4 Å². The summed E-state index contributed by atoms with van der Waals surface area (Å²) in [5.74, 6) is 1.14. The Morgan fingerprint density at radius 2 is 1.13 bits per heavy atom. The van der Waals surface area contributed by atoms with Crippen LogP contribution in [0.4, 0.5) is 0 Å². The quantitative estimate of drug-likeness (QED) is 0.394. The molecule has 4 spiro atoms. The van der Waals surface area contributed by atoms with Gasteiger partial charge in [-0.15, -0.1) is 0 Å². The summed E-state index contributed by atoms with van der Waals surface area (Å²) in [7, 11) is 0. The van der Waals surface area contributed by atoms with Crippen LogP contribution in [0.2, 0.25) is 0 Å². The molecule has 0 unspecified atom stereocenters. The smallest absolute Gasteiger partial charge is 0.155 e. The number of allylic oxidation sites excluding steroid dienone is 2. The van der Waals surface area contributed by atoms with Crippen LogP contribution in [0, 0.1) is 67.0 Å². The van der Waals surface area contributed by atoms with Crippen LogP contribution >= 0.6 is 0 Å². The number of ketones is 2. The Morgan fingerprint density at radius 1 is 0.674 bits per heavy atom. The minimum Gasteiger partial charge on any atom is -0.472 e. The van der Waals surface area contributed by atoms with Gasteiger partial charge in [0.2, 0.25) is 0 Å². The molecule has 2 aromatic rings. The molecule has 4 heterocycles. The van der Waals surface area contributed by atoms with Crippen LogP contribution in [0.25, 0.3) is 0 Å². The molecule has 0 saturated heterocycles. The zero-order valence-corrected chi connectivity index (χ0v) is 25.1. The average molecular weight is 611 g/mol. The zero-order chi connectivity index (χ0) is 30.9. The van der Waals surface area contributed by atoms with E-state index in [0.717, 1.165) is 36.8 Å². The summed E-state index contributed by atoms with van der Waals surface area (Å²) < 4.78 is 22.6. The lowest BCUT2D eigenvalue weighted by Gasteiger charge is -2.32. The average Bonchev–Trinajstić information content (AvgIpc) is 3.74. The number of rotatable bonds is 2. The van der Waals surface area contributed by atoms with Crippen LogP contribution in [0.15, 0.2) is 92.6 Å². The Balaban J connectivity index is 0.000000114. The van der Waals surface area contributed by atoms with E-state index < -0.39 is 10.8 Å². The number of nitriles is 2. The van der Waals surface area contributed by atoms with Crippen molar-refractivity contribution in [2.75, 3.05) is 13.2 Å². The first-order chi connectivity index (χ1) is 22.4. The second kappa shape index (κ2) is 7.65. The molecule has 12 aliphatic rings. The van der Waals surface area contributed by atoms with E-state index in [1.807, 2.05) is 12.1 Å². The van der Waals surface area contributed by atoms with Gasteiger partial charge in [0.15, 0.2) is 11.6 Å². The van der Waals surface area contributed by atoms with Gasteiger partial charge in [0, 0.05) is 45.6 Å². The number of hydrogen-bond acceptors (Lipinski definition) is 8. The first kappa shape index (κ1) is 25.9. The monoisotopic (exact) mass is 610 g/mol. The van der Waals surface area contributed by atoms with Gasteiger partial charge in [-0.25, -0.2) is 0 Å². The van der Waals surface area contributed by atoms with Crippen molar-refractivity contribution in [2.24, 2.45) is 44.3 Å². The standard InChI is InChI=1S/2C19H15NO3/c2*20-10-19-14(21)5-11-6-17(19)3-1-12-9-23-16(13-2-4-22-8-13)15(12)18(17,19)7-11/h2*1-4,8,11,16H,5-7,9H2/t2*11-,16+,17+,18+,19+/m00/s1. The summed E-state index contributed by atoms with van der Waals surface area (Å²) in [6.07, 6.45) is 20.0. The van der Waals surface area contributed by atoms with E-state index in [-0.39, 0.29) is 45.4 Å². The Bertz CT molecular complexity index is 1890. The van der Waals surface area contributed by atoms with Crippen LogP contribution in [-0.2, 0) is 19.1 Å². The summed E-state index contributed by atoms with van der Waals surface area (Å²) in [5, 5.41) is 20.1. The van der Waals surface area contributed by atoms with Crippen LogP contribution in [0.1, 0.15) is 61.9 Å². The van der Waals surface area contributed by atoms with E-state index >= 15 is 0 Å². The zero-order valence-electron chi connectivity index (χ0n) is 25.1. The molecule has 2 aromatic heterocycles. The molecule has 10 aliphatic carbocycles. The van der Waals surface area contributed by atoms with E-state index in [9.17, 15) is 20.1 Å². The predicted molar refractivity (Wildman–Crippen MR) is 158 cm³/mol. The summed E-state index contributed by atoms with van der Waals surface area (Å²) in [6, 6.07) is 8.81. The molecule has 46 heavy (non-hydrogen) atoms. The van der Waals surface area contributed by atoms with Crippen molar-refractivity contribution < 1.29 is 27.9 Å². The molecule has 0 amide bonds. The second-order valence-electron chi connectivity index (χ2n) is 15.3. The SMILES string of the molecule is N#C[C@@]12C(=O)C[C@H]3C[C@@]14C=CC1=C([C@@H](c5ccoc5)OC1)[C@]42C3.N#C[C@@]12C(=O)C[C@H]3C[C@@]14C=CC1=C([C@@H](c5ccoc5)OC1)[C@]42C3. The fourth-order valence-corrected chi connectivity index (χ4v) is 13.2. The minimum absolute atomic E-state index is 0.152. The number of carbonyl (C=O) groups is 2. The lowest BCUT2D eigenvalue weighted by molar-refractivity contribution is -0.129. The van der Waals surface area contributed by atoms with Crippen LogP contribution in [-0.4, -0.2) is 24.8 Å². The van der Waals surface area contributed by atoms with Crippen molar-refractivity contribution in [3.05, 3.63) is 94.9 Å².